The number of hydrogen-bond donors (Lipinski definition) is 2. The van der Waals surface area contributed by atoms with E-state index in [1.807, 2.05) is 13.0 Å². The van der Waals surface area contributed by atoms with Crippen molar-refractivity contribution in [2.75, 3.05) is 5.32 Å². The van der Waals surface area contributed by atoms with Crippen LogP contribution in [0, 0.1) is 6.92 Å². The highest BCUT2D eigenvalue weighted by atomic mass is 16.2. The second-order valence-electron chi connectivity index (χ2n) is 4.02. The van der Waals surface area contributed by atoms with Crippen molar-refractivity contribution in [3.05, 3.63) is 47.4 Å². The Morgan fingerprint density at radius 1 is 1.17 bits per heavy atom. The SMILES string of the molecule is CC(=O)c1ccc(C(=O)Nc2ccc(C)cn2)[nH]1. The molecule has 18 heavy (non-hydrogen) atoms. The first-order valence-corrected chi connectivity index (χ1v) is 5.50. The summed E-state index contributed by atoms with van der Waals surface area (Å²) in [5.41, 5.74) is 1.77. The third-order valence-electron chi connectivity index (χ3n) is 2.46. The molecule has 0 fully saturated rings. The van der Waals surface area contributed by atoms with Crippen molar-refractivity contribution < 1.29 is 9.59 Å². The van der Waals surface area contributed by atoms with Crippen LogP contribution in [0.5, 0.6) is 0 Å². The van der Waals surface area contributed by atoms with Crippen LogP contribution in [0.3, 0.4) is 0 Å². The van der Waals surface area contributed by atoms with Crippen molar-refractivity contribution in [3.8, 4) is 0 Å². The highest BCUT2D eigenvalue weighted by molar-refractivity contribution is 6.04. The van der Waals surface area contributed by atoms with Gasteiger partial charge in [0.15, 0.2) is 5.78 Å². The van der Waals surface area contributed by atoms with Gasteiger partial charge in [0, 0.05) is 13.1 Å². The number of aromatic nitrogens is 2. The number of hydrogen-bond acceptors (Lipinski definition) is 3. The van der Waals surface area contributed by atoms with Gasteiger partial charge in [-0.1, -0.05) is 6.07 Å². The van der Waals surface area contributed by atoms with Crippen LogP contribution in [-0.2, 0) is 0 Å². The van der Waals surface area contributed by atoms with E-state index in [9.17, 15) is 9.59 Å². The van der Waals surface area contributed by atoms with Crippen LogP contribution in [0.2, 0.25) is 0 Å². The maximum Gasteiger partial charge on any atom is 0.273 e. The lowest BCUT2D eigenvalue weighted by atomic mass is 10.3. The number of ketones is 1. The summed E-state index contributed by atoms with van der Waals surface area (Å²) in [6.45, 7) is 3.36. The first kappa shape index (κ1) is 12.0. The van der Waals surface area contributed by atoms with Gasteiger partial charge >= 0.3 is 0 Å². The topological polar surface area (TPSA) is 74.8 Å². The number of aryl methyl sites for hydroxylation is 1. The predicted octanol–water partition coefficient (Wildman–Crippen LogP) is 2.17. The Morgan fingerprint density at radius 2 is 1.89 bits per heavy atom. The summed E-state index contributed by atoms with van der Waals surface area (Å²) in [7, 11) is 0. The summed E-state index contributed by atoms with van der Waals surface area (Å²) < 4.78 is 0. The maximum absolute atomic E-state index is 11.8. The number of nitrogens with zero attached hydrogens (tertiary/aromatic N) is 1. The number of amides is 1. The fourth-order valence-electron chi connectivity index (χ4n) is 1.46. The summed E-state index contributed by atoms with van der Waals surface area (Å²) in [4.78, 5) is 29.8. The van der Waals surface area contributed by atoms with E-state index in [0.29, 0.717) is 17.2 Å². The Hall–Kier alpha value is -2.43. The molecule has 0 radical (unpaired) electrons. The highest BCUT2D eigenvalue weighted by Crippen LogP contribution is 2.08. The molecule has 92 valence electrons. The number of rotatable bonds is 3. The molecule has 5 nitrogen and oxygen atoms in total. The lowest BCUT2D eigenvalue weighted by molar-refractivity contribution is 0.101. The van der Waals surface area contributed by atoms with Crippen LogP contribution >= 0.6 is 0 Å². The molecule has 0 aliphatic heterocycles. The normalized spacial score (nSPS) is 10.1. The molecule has 0 aliphatic carbocycles. The van der Waals surface area contributed by atoms with Gasteiger partial charge in [0.25, 0.3) is 5.91 Å². The van der Waals surface area contributed by atoms with Gasteiger partial charge in [-0.15, -0.1) is 0 Å². The van der Waals surface area contributed by atoms with Crippen molar-refractivity contribution in [3.63, 3.8) is 0 Å². The lowest BCUT2D eigenvalue weighted by Gasteiger charge is -2.02. The fraction of sp³-hybridized carbons (Fsp3) is 0.154. The zero-order valence-electron chi connectivity index (χ0n) is 10.2. The number of pyridine rings is 1. The van der Waals surface area contributed by atoms with Crippen molar-refractivity contribution in [1.29, 1.82) is 0 Å². The molecule has 5 heteroatoms. The zero-order valence-corrected chi connectivity index (χ0v) is 10.2. The number of H-pyrrole nitrogens is 1. The van der Waals surface area contributed by atoms with E-state index < -0.39 is 0 Å². The third-order valence-corrected chi connectivity index (χ3v) is 2.46. The van der Waals surface area contributed by atoms with E-state index in [4.69, 9.17) is 0 Å². The van der Waals surface area contributed by atoms with Crippen molar-refractivity contribution in [2.45, 2.75) is 13.8 Å². The smallest absolute Gasteiger partial charge is 0.273 e. The van der Waals surface area contributed by atoms with Gasteiger partial charge in [-0.25, -0.2) is 4.98 Å². The summed E-state index contributed by atoms with van der Waals surface area (Å²) in [6, 6.07) is 6.74. The minimum absolute atomic E-state index is 0.109. The first-order valence-electron chi connectivity index (χ1n) is 5.50. The second kappa shape index (κ2) is 4.83. The van der Waals surface area contributed by atoms with Crippen LogP contribution < -0.4 is 5.32 Å². The van der Waals surface area contributed by atoms with Gasteiger partial charge in [0.2, 0.25) is 0 Å². The molecule has 2 heterocycles. The molecular weight excluding hydrogens is 230 g/mol. The van der Waals surface area contributed by atoms with Crippen LogP contribution in [0.1, 0.15) is 33.5 Å². The van der Waals surface area contributed by atoms with Gasteiger partial charge in [-0.05, 0) is 30.7 Å². The Bertz CT molecular complexity index is 585. The van der Waals surface area contributed by atoms with E-state index in [1.165, 1.54) is 6.92 Å². The van der Waals surface area contributed by atoms with Crippen LogP contribution in [0.4, 0.5) is 5.82 Å². The van der Waals surface area contributed by atoms with Gasteiger partial charge in [-0.3, -0.25) is 9.59 Å². The van der Waals surface area contributed by atoms with Gasteiger partial charge in [0.05, 0.1) is 5.69 Å². The molecule has 0 aliphatic rings. The zero-order chi connectivity index (χ0) is 13.1. The average Bonchev–Trinajstić information content (AvgIpc) is 2.81. The molecule has 2 aromatic rings. The summed E-state index contributed by atoms with van der Waals surface area (Å²) in [5.74, 6) is 0.0472. The Morgan fingerprint density at radius 3 is 2.44 bits per heavy atom. The number of nitrogens with one attached hydrogen (secondary N) is 2. The minimum Gasteiger partial charge on any atom is -0.348 e. The Balaban J connectivity index is 2.11. The average molecular weight is 243 g/mol. The molecule has 2 rings (SSSR count). The number of carbonyl (C=O) groups excluding carboxylic acids is 2. The van der Waals surface area contributed by atoms with Crippen LogP contribution in [0.15, 0.2) is 30.5 Å². The highest BCUT2D eigenvalue weighted by Gasteiger charge is 2.10. The van der Waals surface area contributed by atoms with Crippen LogP contribution in [0.25, 0.3) is 0 Å². The fourth-order valence-corrected chi connectivity index (χ4v) is 1.46. The van der Waals surface area contributed by atoms with Crippen molar-refractivity contribution in [2.24, 2.45) is 0 Å². The van der Waals surface area contributed by atoms with Gasteiger partial charge < -0.3 is 10.3 Å². The lowest BCUT2D eigenvalue weighted by Crippen LogP contribution is -2.13. The quantitative estimate of drug-likeness (QED) is 0.811. The molecular formula is C13H13N3O2. The van der Waals surface area contributed by atoms with E-state index in [2.05, 4.69) is 15.3 Å². The summed E-state index contributed by atoms with van der Waals surface area (Å²) in [6.07, 6.45) is 1.67. The van der Waals surface area contributed by atoms with Crippen molar-refractivity contribution >= 4 is 17.5 Å². The molecule has 0 spiro atoms. The van der Waals surface area contributed by atoms with E-state index in [-0.39, 0.29) is 11.7 Å². The largest absolute Gasteiger partial charge is 0.348 e. The van der Waals surface area contributed by atoms with E-state index >= 15 is 0 Å². The molecule has 0 atom stereocenters. The molecule has 0 aromatic carbocycles. The number of anilines is 1. The molecule has 2 N–H and O–H groups in total. The monoisotopic (exact) mass is 243 g/mol. The van der Waals surface area contributed by atoms with Gasteiger partial charge in [0.1, 0.15) is 11.5 Å². The molecule has 0 saturated carbocycles. The molecule has 0 saturated heterocycles. The molecule has 0 unspecified atom stereocenters. The van der Waals surface area contributed by atoms with Crippen LogP contribution in [-0.4, -0.2) is 21.7 Å². The summed E-state index contributed by atoms with van der Waals surface area (Å²) in [5, 5.41) is 2.65. The number of aromatic amines is 1. The molecule has 2 aromatic heterocycles. The molecule has 1 amide bonds. The standard InChI is InChI=1S/C13H13N3O2/c1-8-3-6-12(14-7-8)16-13(18)11-5-4-10(15-11)9(2)17/h3-7,15H,1-2H3,(H,14,16,18). The van der Waals surface area contributed by atoms with E-state index in [0.717, 1.165) is 5.56 Å². The van der Waals surface area contributed by atoms with Crippen molar-refractivity contribution in [1.82, 2.24) is 9.97 Å². The predicted molar refractivity (Wildman–Crippen MR) is 67.7 cm³/mol. The minimum atomic E-state index is -0.321. The number of Topliss-reactive ketones (excluding diaryl/α,β-unsaturated/α-hetero) is 1. The molecule has 0 bridgehead atoms. The third kappa shape index (κ3) is 2.63. The Labute approximate surface area is 104 Å². The van der Waals surface area contributed by atoms with E-state index in [1.54, 1.807) is 24.4 Å². The first-order chi connectivity index (χ1) is 8.56. The summed E-state index contributed by atoms with van der Waals surface area (Å²) >= 11 is 0. The maximum atomic E-state index is 11.8. The number of carbonyl (C=O) groups is 2. The second-order valence-corrected chi connectivity index (χ2v) is 4.02. The van der Waals surface area contributed by atoms with Gasteiger partial charge in [-0.2, -0.15) is 0 Å². The Kier molecular flexibility index (Phi) is 3.23.